The van der Waals surface area contributed by atoms with Gasteiger partial charge in [0.05, 0.1) is 0 Å². The van der Waals surface area contributed by atoms with Crippen LogP contribution in [0.5, 0.6) is 0 Å². The van der Waals surface area contributed by atoms with Crippen LogP contribution >= 0.6 is 0 Å². The van der Waals surface area contributed by atoms with Crippen molar-refractivity contribution in [3.63, 3.8) is 0 Å². The zero-order valence-electron chi connectivity index (χ0n) is 14.3. The van der Waals surface area contributed by atoms with Crippen LogP contribution in [0.1, 0.15) is 20.3 Å². The van der Waals surface area contributed by atoms with E-state index in [1.54, 1.807) is 6.07 Å². The van der Waals surface area contributed by atoms with Crippen molar-refractivity contribution in [3.8, 4) is 0 Å². The van der Waals surface area contributed by atoms with Crippen molar-refractivity contribution in [2.24, 2.45) is 4.99 Å². The van der Waals surface area contributed by atoms with Gasteiger partial charge in [0.2, 0.25) is 10.0 Å². The zero-order valence-corrected chi connectivity index (χ0v) is 15.1. The second kappa shape index (κ2) is 11.8. The third-order valence-corrected chi connectivity index (χ3v) is 4.37. The number of aliphatic imine (C=N–C) groups is 1. The Bertz CT molecular complexity index is 578. The van der Waals surface area contributed by atoms with Crippen molar-refractivity contribution in [1.29, 1.82) is 0 Å². The van der Waals surface area contributed by atoms with E-state index in [4.69, 9.17) is 4.74 Å². The van der Waals surface area contributed by atoms with E-state index >= 15 is 0 Å². The molecule has 24 heavy (non-hydrogen) atoms. The van der Waals surface area contributed by atoms with Crippen LogP contribution in [0.15, 0.2) is 34.4 Å². The molecule has 0 unspecified atom stereocenters. The number of nitrogens with zero attached hydrogens (tertiary/aromatic N) is 2. The summed E-state index contributed by atoms with van der Waals surface area (Å²) in [4.78, 5) is 8.37. The van der Waals surface area contributed by atoms with Crippen molar-refractivity contribution in [1.82, 2.24) is 20.3 Å². The van der Waals surface area contributed by atoms with Gasteiger partial charge in [-0.1, -0.05) is 0 Å². The molecule has 136 valence electrons. The fraction of sp³-hybridized carbons (Fsp3) is 0.600. The Morgan fingerprint density at radius 1 is 1.29 bits per heavy atom. The highest BCUT2D eigenvalue weighted by Crippen LogP contribution is 2.04. The minimum absolute atomic E-state index is 0.154. The predicted octanol–water partition coefficient (Wildman–Crippen LogP) is 0.342. The van der Waals surface area contributed by atoms with Crippen LogP contribution in [0.3, 0.4) is 0 Å². The van der Waals surface area contributed by atoms with Gasteiger partial charge in [-0.2, -0.15) is 0 Å². The van der Waals surface area contributed by atoms with Crippen molar-refractivity contribution in [3.05, 3.63) is 24.5 Å². The minimum atomic E-state index is -3.53. The first-order valence-corrected chi connectivity index (χ1v) is 9.58. The van der Waals surface area contributed by atoms with Crippen LogP contribution < -0.4 is 15.4 Å². The molecule has 0 aliphatic carbocycles. The van der Waals surface area contributed by atoms with Gasteiger partial charge in [-0.3, -0.25) is 9.98 Å². The van der Waals surface area contributed by atoms with E-state index < -0.39 is 10.0 Å². The number of nitrogens with one attached hydrogen (secondary N) is 3. The fourth-order valence-corrected chi connectivity index (χ4v) is 2.79. The molecule has 1 heterocycles. The second-order valence-corrected chi connectivity index (χ2v) is 6.59. The Morgan fingerprint density at radius 3 is 2.79 bits per heavy atom. The van der Waals surface area contributed by atoms with Crippen molar-refractivity contribution < 1.29 is 13.2 Å². The molecule has 1 aromatic heterocycles. The summed E-state index contributed by atoms with van der Waals surface area (Å²) in [5.41, 5.74) is 0. The lowest BCUT2D eigenvalue weighted by atomic mass is 10.4. The van der Waals surface area contributed by atoms with Crippen LogP contribution in [0.25, 0.3) is 0 Å². The molecule has 0 atom stereocenters. The van der Waals surface area contributed by atoms with Gasteiger partial charge in [0.15, 0.2) is 5.96 Å². The van der Waals surface area contributed by atoms with Crippen LogP contribution in [-0.2, 0) is 14.8 Å². The molecule has 3 N–H and O–H groups in total. The van der Waals surface area contributed by atoms with Crippen LogP contribution in [0.4, 0.5) is 0 Å². The Kier molecular flexibility index (Phi) is 9.97. The first kappa shape index (κ1) is 20.3. The van der Waals surface area contributed by atoms with Gasteiger partial charge < -0.3 is 15.4 Å². The number of guanidine groups is 1. The summed E-state index contributed by atoms with van der Waals surface area (Å²) in [7, 11) is -3.53. The predicted molar refractivity (Wildman–Crippen MR) is 94.5 cm³/mol. The molecule has 0 saturated heterocycles. The Labute approximate surface area is 144 Å². The molecule has 0 bridgehead atoms. The molecule has 1 aromatic rings. The number of hydrogen-bond donors (Lipinski definition) is 3. The lowest BCUT2D eigenvalue weighted by Crippen LogP contribution is -2.41. The number of aromatic nitrogens is 1. The van der Waals surface area contributed by atoms with Crippen molar-refractivity contribution in [2.45, 2.75) is 25.2 Å². The molecule has 0 fully saturated rings. The van der Waals surface area contributed by atoms with Gasteiger partial charge in [0.1, 0.15) is 4.90 Å². The topological polar surface area (TPSA) is 105 Å². The molecule has 1 rings (SSSR count). The number of pyridine rings is 1. The summed E-state index contributed by atoms with van der Waals surface area (Å²) >= 11 is 0. The number of sulfonamides is 1. The molecule has 0 aromatic carbocycles. The van der Waals surface area contributed by atoms with E-state index in [-0.39, 0.29) is 11.4 Å². The van der Waals surface area contributed by atoms with Crippen LogP contribution in [0, 0.1) is 0 Å². The minimum Gasteiger partial charge on any atom is -0.382 e. The van der Waals surface area contributed by atoms with Gasteiger partial charge in [0.25, 0.3) is 0 Å². The number of rotatable bonds is 11. The standard InChI is InChI=1S/C15H27N5O3S/c1-3-17-15(18-9-6-12-23-4-2)19-10-11-20-24(21,22)14-7-5-8-16-13-14/h5,7-8,13,20H,3-4,6,9-12H2,1-2H3,(H2,17,18,19). The molecule has 0 aliphatic rings. The summed E-state index contributed by atoms with van der Waals surface area (Å²) in [5, 5.41) is 6.20. The van der Waals surface area contributed by atoms with Crippen LogP contribution in [0.2, 0.25) is 0 Å². The quantitative estimate of drug-likeness (QED) is 0.300. The first-order valence-electron chi connectivity index (χ1n) is 8.09. The number of hydrogen-bond acceptors (Lipinski definition) is 5. The van der Waals surface area contributed by atoms with Gasteiger partial charge in [-0.15, -0.1) is 0 Å². The molecule has 0 spiro atoms. The molecule has 0 radical (unpaired) electrons. The third kappa shape index (κ3) is 8.23. The van der Waals surface area contributed by atoms with Crippen molar-refractivity contribution >= 4 is 16.0 Å². The molecule has 0 saturated carbocycles. The average molecular weight is 357 g/mol. The maximum Gasteiger partial charge on any atom is 0.242 e. The third-order valence-electron chi connectivity index (χ3n) is 2.92. The van der Waals surface area contributed by atoms with E-state index in [0.29, 0.717) is 32.3 Å². The number of ether oxygens (including phenoxy) is 1. The molecule has 0 amide bonds. The molecular weight excluding hydrogens is 330 g/mol. The normalized spacial score (nSPS) is 12.2. The Balaban J connectivity index is 2.35. The van der Waals surface area contributed by atoms with Gasteiger partial charge in [-0.05, 0) is 32.4 Å². The van der Waals surface area contributed by atoms with Gasteiger partial charge in [-0.25, -0.2) is 13.1 Å². The maximum atomic E-state index is 12.0. The fourth-order valence-electron chi connectivity index (χ4n) is 1.80. The maximum absolute atomic E-state index is 12.0. The summed E-state index contributed by atoms with van der Waals surface area (Å²) in [5.74, 6) is 0.662. The largest absolute Gasteiger partial charge is 0.382 e. The summed E-state index contributed by atoms with van der Waals surface area (Å²) < 4.78 is 31.9. The first-order chi connectivity index (χ1) is 11.6. The zero-order chi connectivity index (χ0) is 17.7. The lowest BCUT2D eigenvalue weighted by Gasteiger charge is -2.12. The molecule has 0 aliphatic heterocycles. The highest BCUT2D eigenvalue weighted by molar-refractivity contribution is 7.89. The molecular formula is C15H27N5O3S. The molecule has 9 heteroatoms. The summed E-state index contributed by atoms with van der Waals surface area (Å²) in [6.07, 6.45) is 3.70. The Morgan fingerprint density at radius 2 is 2.12 bits per heavy atom. The van der Waals surface area contributed by atoms with Crippen molar-refractivity contribution in [2.75, 3.05) is 39.4 Å². The average Bonchev–Trinajstić information content (AvgIpc) is 2.59. The summed E-state index contributed by atoms with van der Waals surface area (Å²) in [6, 6.07) is 3.09. The van der Waals surface area contributed by atoms with Gasteiger partial charge >= 0.3 is 0 Å². The van der Waals surface area contributed by atoms with E-state index in [1.807, 2.05) is 13.8 Å². The highest BCUT2D eigenvalue weighted by Gasteiger charge is 2.12. The van der Waals surface area contributed by atoms with Gasteiger partial charge in [0, 0.05) is 51.8 Å². The monoisotopic (exact) mass is 357 g/mol. The Hall–Kier alpha value is -1.71. The lowest BCUT2D eigenvalue weighted by molar-refractivity contribution is 0.146. The smallest absolute Gasteiger partial charge is 0.242 e. The molecule has 8 nitrogen and oxygen atoms in total. The SMILES string of the molecule is CCNC(=NCCCOCC)NCCNS(=O)(=O)c1cccnc1. The van der Waals surface area contributed by atoms with E-state index in [0.717, 1.165) is 13.0 Å². The van der Waals surface area contributed by atoms with E-state index in [9.17, 15) is 8.42 Å². The highest BCUT2D eigenvalue weighted by atomic mass is 32.2. The summed E-state index contributed by atoms with van der Waals surface area (Å²) in [6.45, 7) is 7.39. The van der Waals surface area contributed by atoms with E-state index in [1.165, 1.54) is 18.5 Å². The van der Waals surface area contributed by atoms with Crippen LogP contribution in [-0.4, -0.2) is 58.8 Å². The van der Waals surface area contributed by atoms with E-state index in [2.05, 4.69) is 25.3 Å². The second-order valence-electron chi connectivity index (χ2n) is 4.82.